The number of rotatable bonds is 5. The molecule has 1 aromatic rings. The molecule has 2 aliphatic carbocycles. The van der Waals surface area contributed by atoms with E-state index in [1.807, 2.05) is 6.92 Å². The molecule has 0 spiro atoms. The van der Waals surface area contributed by atoms with Gasteiger partial charge >= 0.3 is 0 Å². The number of aromatic nitrogens is 2. The van der Waals surface area contributed by atoms with Crippen LogP contribution in [0.15, 0.2) is 12.3 Å². The van der Waals surface area contributed by atoms with Crippen molar-refractivity contribution in [1.29, 1.82) is 0 Å². The smallest absolute Gasteiger partial charge is 0.0678 e. The van der Waals surface area contributed by atoms with Crippen LogP contribution < -0.4 is 0 Å². The predicted octanol–water partition coefficient (Wildman–Crippen LogP) is 3.87. The van der Waals surface area contributed by atoms with Crippen LogP contribution in [0.4, 0.5) is 0 Å². The first-order chi connectivity index (χ1) is 9.62. The molecule has 1 unspecified atom stereocenters. The van der Waals surface area contributed by atoms with Crippen LogP contribution in [0, 0.1) is 5.92 Å². The lowest BCUT2D eigenvalue weighted by Gasteiger charge is -2.33. The van der Waals surface area contributed by atoms with Crippen molar-refractivity contribution in [3.05, 3.63) is 18.0 Å². The average Bonchev–Trinajstić information content (AvgIpc) is 2.83. The summed E-state index contributed by atoms with van der Waals surface area (Å²) in [5, 5.41) is 15.3. The van der Waals surface area contributed by atoms with E-state index in [2.05, 4.69) is 16.9 Å². The summed E-state index contributed by atoms with van der Waals surface area (Å²) in [5.41, 5.74) is 0.469. The number of nitrogens with zero attached hydrogens (tertiary/aromatic N) is 2. The highest BCUT2D eigenvalue weighted by Crippen LogP contribution is 2.35. The van der Waals surface area contributed by atoms with Gasteiger partial charge in [-0.2, -0.15) is 5.10 Å². The van der Waals surface area contributed by atoms with E-state index in [0.29, 0.717) is 12.5 Å². The topological polar surface area (TPSA) is 38.0 Å². The van der Waals surface area contributed by atoms with E-state index < -0.39 is 5.60 Å². The highest BCUT2D eigenvalue weighted by molar-refractivity contribution is 5.04. The minimum Gasteiger partial charge on any atom is -0.390 e. The first kappa shape index (κ1) is 14.1. The molecule has 112 valence electrons. The maximum Gasteiger partial charge on any atom is 0.0678 e. The summed E-state index contributed by atoms with van der Waals surface area (Å²) < 4.78 is 2.15. The van der Waals surface area contributed by atoms with Gasteiger partial charge in [0, 0.05) is 12.6 Å². The quantitative estimate of drug-likeness (QED) is 0.886. The maximum absolute atomic E-state index is 10.6. The highest BCUT2D eigenvalue weighted by Gasteiger charge is 2.30. The molecule has 0 aromatic carbocycles. The number of hydrogen-bond acceptors (Lipinski definition) is 2. The van der Waals surface area contributed by atoms with Crippen LogP contribution in [-0.2, 0) is 6.42 Å². The maximum atomic E-state index is 10.6. The Morgan fingerprint density at radius 2 is 1.95 bits per heavy atom. The van der Waals surface area contributed by atoms with E-state index in [0.717, 1.165) is 18.0 Å². The summed E-state index contributed by atoms with van der Waals surface area (Å²) in [4.78, 5) is 0. The molecule has 3 nitrogen and oxygen atoms in total. The zero-order valence-electron chi connectivity index (χ0n) is 12.7. The van der Waals surface area contributed by atoms with E-state index >= 15 is 0 Å². The molecule has 0 saturated heterocycles. The highest BCUT2D eigenvalue weighted by atomic mass is 16.3. The summed E-state index contributed by atoms with van der Waals surface area (Å²) in [5.74, 6) is 0.741. The Hall–Kier alpha value is -0.830. The molecule has 20 heavy (non-hydrogen) atoms. The molecule has 1 N–H and O–H groups in total. The molecule has 0 aliphatic heterocycles. The van der Waals surface area contributed by atoms with Gasteiger partial charge in [0.05, 0.1) is 17.3 Å². The van der Waals surface area contributed by atoms with Crippen LogP contribution in [0.5, 0.6) is 0 Å². The van der Waals surface area contributed by atoms with Gasteiger partial charge < -0.3 is 5.11 Å². The van der Waals surface area contributed by atoms with Crippen molar-refractivity contribution < 1.29 is 5.11 Å². The van der Waals surface area contributed by atoms with Gasteiger partial charge in [0.1, 0.15) is 0 Å². The third-order valence-corrected chi connectivity index (χ3v) is 5.13. The van der Waals surface area contributed by atoms with E-state index in [9.17, 15) is 5.11 Å². The Morgan fingerprint density at radius 1 is 1.20 bits per heavy atom. The Kier molecular flexibility index (Phi) is 4.16. The third kappa shape index (κ3) is 3.43. The zero-order chi connectivity index (χ0) is 14.0. The van der Waals surface area contributed by atoms with Gasteiger partial charge in [-0.05, 0) is 38.2 Å². The monoisotopic (exact) mass is 276 g/mol. The molecule has 3 rings (SSSR count). The second kappa shape index (κ2) is 5.88. The van der Waals surface area contributed by atoms with Gasteiger partial charge in [0.15, 0.2) is 0 Å². The van der Waals surface area contributed by atoms with Gasteiger partial charge in [-0.15, -0.1) is 0 Å². The van der Waals surface area contributed by atoms with Crippen molar-refractivity contribution in [2.75, 3.05) is 0 Å². The van der Waals surface area contributed by atoms with Gasteiger partial charge in [0.25, 0.3) is 0 Å². The first-order valence-electron chi connectivity index (χ1n) is 8.39. The summed E-state index contributed by atoms with van der Waals surface area (Å²) >= 11 is 0. The second-order valence-electron chi connectivity index (χ2n) is 7.25. The predicted molar refractivity (Wildman–Crippen MR) is 80.6 cm³/mol. The standard InChI is InChI=1S/C17H28N2O/c1-17(20,12-14-6-5-7-14)13-15-10-11-19(18-15)16-8-3-2-4-9-16/h10-11,14,16,20H,2-9,12-13H2,1H3. The lowest BCUT2D eigenvalue weighted by molar-refractivity contribution is 0.0194. The van der Waals surface area contributed by atoms with E-state index in [4.69, 9.17) is 5.10 Å². The molecule has 2 saturated carbocycles. The fraction of sp³-hybridized carbons (Fsp3) is 0.824. The lowest BCUT2D eigenvalue weighted by Crippen LogP contribution is -2.32. The molecule has 3 heteroatoms. The molecule has 0 radical (unpaired) electrons. The fourth-order valence-electron chi connectivity index (χ4n) is 3.80. The largest absolute Gasteiger partial charge is 0.390 e. The van der Waals surface area contributed by atoms with Gasteiger partial charge in [-0.1, -0.05) is 38.5 Å². The van der Waals surface area contributed by atoms with Crippen molar-refractivity contribution in [1.82, 2.24) is 9.78 Å². The third-order valence-electron chi connectivity index (χ3n) is 5.13. The second-order valence-corrected chi connectivity index (χ2v) is 7.25. The van der Waals surface area contributed by atoms with Crippen LogP contribution in [0.3, 0.4) is 0 Å². The average molecular weight is 276 g/mol. The van der Waals surface area contributed by atoms with Crippen LogP contribution in [-0.4, -0.2) is 20.5 Å². The summed E-state index contributed by atoms with van der Waals surface area (Å²) in [6.45, 7) is 1.98. The summed E-state index contributed by atoms with van der Waals surface area (Å²) in [6, 6.07) is 2.69. The van der Waals surface area contributed by atoms with Gasteiger partial charge in [-0.3, -0.25) is 4.68 Å². The first-order valence-corrected chi connectivity index (χ1v) is 8.39. The summed E-state index contributed by atoms with van der Waals surface area (Å²) in [6.07, 6.45) is 14.3. The molecule has 0 amide bonds. The van der Waals surface area contributed by atoms with Crippen LogP contribution in [0.2, 0.25) is 0 Å². The fourth-order valence-corrected chi connectivity index (χ4v) is 3.80. The Morgan fingerprint density at radius 3 is 2.60 bits per heavy atom. The van der Waals surface area contributed by atoms with E-state index in [1.165, 1.54) is 51.4 Å². The van der Waals surface area contributed by atoms with Gasteiger partial charge in [-0.25, -0.2) is 0 Å². The molecular formula is C17H28N2O. The van der Waals surface area contributed by atoms with E-state index in [1.54, 1.807) is 0 Å². The molecule has 2 aliphatic rings. The van der Waals surface area contributed by atoms with Crippen molar-refractivity contribution in [3.63, 3.8) is 0 Å². The molecule has 0 bridgehead atoms. The van der Waals surface area contributed by atoms with Crippen LogP contribution >= 0.6 is 0 Å². The number of hydrogen-bond donors (Lipinski definition) is 1. The lowest BCUT2D eigenvalue weighted by atomic mass is 9.76. The zero-order valence-corrected chi connectivity index (χ0v) is 12.7. The Labute approximate surface area is 122 Å². The Balaban J connectivity index is 1.58. The van der Waals surface area contributed by atoms with Crippen molar-refractivity contribution in [2.45, 2.75) is 82.8 Å². The SMILES string of the molecule is CC(O)(Cc1ccn(C2CCCCC2)n1)CC1CCC1. The van der Waals surface area contributed by atoms with Crippen LogP contribution in [0.1, 0.15) is 76.4 Å². The van der Waals surface area contributed by atoms with Crippen molar-refractivity contribution in [3.8, 4) is 0 Å². The minimum atomic E-state index is -0.586. The molecule has 1 heterocycles. The van der Waals surface area contributed by atoms with Crippen molar-refractivity contribution in [2.24, 2.45) is 5.92 Å². The van der Waals surface area contributed by atoms with Crippen LogP contribution in [0.25, 0.3) is 0 Å². The Bertz CT molecular complexity index is 428. The number of aliphatic hydroxyl groups is 1. The van der Waals surface area contributed by atoms with Gasteiger partial charge in [0.2, 0.25) is 0 Å². The normalized spacial score (nSPS) is 24.3. The van der Waals surface area contributed by atoms with E-state index in [-0.39, 0.29) is 0 Å². The molecule has 1 aromatic heterocycles. The molecular weight excluding hydrogens is 248 g/mol. The van der Waals surface area contributed by atoms with Crippen molar-refractivity contribution >= 4 is 0 Å². The molecule has 2 fully saturated rings. The molecule has 1 atom stereocenters. The summed E-state index contributed by atoms with van der Waals surface area (Å²) in [7, 11) is 0. The minimum absolute atomic E-state index is 0.586.